The minimum atomic E-state index is -3.69. The van der Waals surface area contributed by atoms with Crippen LogP contribution in [0.5, 0.6) is 0 Å². The Morgan fingerprint density at radius 2 is 2.06 bits per heavy atom. The van der Waals surface area contributed by atoms with E-state index in [1.54, 1.807) is 13.8 Å². The normalized spacial score (nSPS) is 29.7. The Labute approximate surface area is 190 Å². The van der Waals surface area contributed by atoms with Crippen molar-refractivity contribution in [1.29, 1.82) is 0 Å². The summed E-state index contributed by atoms with van der Waals surface area (Å²) in [7, 11) is -2.34. The fourth-order valence-corrected chi connectivity index (χ4v) is 8.92. The van der Waals surface area contributed by atoms with Gasteiger partial charge < -0.3 is 0 Å². The zero-order valence-corrected chi connectivity index (χ0v) is 21.1. The summed E-state index contributed by atoms with van der Waals surface area (Å²) in [5.41, 5.74) is -1.46. The second-order valence-corrected chi connectivity index (χ2v) is 12.0. The van der Waals surface area contributed by atoms with Gasteiger partial charge >= 0.3 is 190 Å². The Hall–Kier alpha value is -0.981. The van der Waals surface area contributed by atoms with Gasteiger partial charge in [-0.25, -0.2) is 0 Å². The van der Waals surface area contributed by atoms with Crippen LogP contribution in [0.15, 0.2) is 40.1 Å². The van der Waals surface area contributed by atoms with Gasteiger partial charge in [-0.3, -0.25) is 0 Å². The van der Waals surface area contributed by atoms with E-state index in [4.69, 9.17) is 23.3 Å². The molecule has 0 spiro atoms. The van der Waals surface area contributed by atoms with E-state index in [2.05, 4.69) is 0 Å². The number of benzene rings is 1. The van der Waals surface area contributed by atoms with Gasteiger partial charge in [-0.15, -0.1) is 0 Å². The molecule has 0 N–H and O–H groups in total. The number of hydrogen-bond donors (Lipinski definition) is 0. The molecule has 2 aliphatic heterocycles. The standard InChI is InChI=1S/C22H31O7PSe/c1-5-26-21(23)22(3)20(31-17-11-7-6-8-12-17)18(30(24,25-4)29-22)15-16(2)28-19-13-9-10-14-27-19/h6-8,11-12,16,19H,5,9-10,13-15H2,1-4H3. The van der Waals surface area contributed by atoms with Crippen molar-refractivity contribution < 1.29 is 32.6 Å². The molecule has 7 nitrogen and oxygen atoms in total. The molecule has 4 atom stereocenters. The van der Waals surface area contributed by atoms with Crippen LogP contribution in [0.25, 0.3) is 0 Å². The first-order valence-corrected chi connectivity index (χ1v) is 13.9. The molecule has 0 aliphatic carbocycles. The first-order chi connectivity index (χ1) is 14.8. The topological polar surface area (TPSA) is 80.3 Å². The van der Waals surface area contributed by atoms with E-state index in [9.17, 15) is 9.36 Å². The van der Waals surface area contributed by atoms with E-state index in [-0.39, 0.29) is 34.0 Å². The van der Waals surface area contributed by atoms with Crippen molar-refractivity contribution in [3.05, 3.63) is 40.1 Å². The van der Waals surface area contributed by atoms with E-state index in [0.29, 0.717) is 22.8 Å². The summed E-state index contributed by atoms with van der Waals surface area (Å²) in [6, 6.07) is 9.79. The number of carbonyl (C=O) groups excluding carboxylic acids is 1. The molecular weight excluding hydrogens is 486 g/mol. The van der Waals surface area contributed by atoms with Gasteiger partial charge in [0.2, 0.25) is 0 Å². The predicted octanol–water partition coefficient (Wildman–Crippen LogP) is 3.74. The Morgan fingerprint density at radius 3 is 2.68 bits per heavy atom. The number of hydrogen-bond acceptors (Lipinski definition) is 7. The van der Waals surface area contributed by atoms with Crippen molar-refractivity contribution in [2.75, 3.05) is 20.3 Å². The van der Waals surface area contributed by atoms with E-state index < -0.39 is 19.2 Å². The van der Waals surface area contributed by atoms with Crippen LogP contribution in [0.1, 0.15) is 46.5 Å². The first kappa shape index (κ1) is 24.7. The van der Waals surface area contributed by atoms with Crippen LogP contribution in [0.4, 0.5) is 0 Å². The zero-order valence-electron chi connectivity index (χ0n) is 18.5. The molecule has 0 aromatic heterocycles. The third-order valence-electron chi connectivity index (χ3n) is 5.20. The first-order valence-electron chi connectivity index (χ1n) is 10.6. The summed E-state index contributed by atoms with van der Waals surface area (Å²) in [5.74, 6) is -0.556. The van der Waals surface area contributed by atoms with Gasteiger partial charge in [-0.1, -0.05) is 0 Å². The fraction of sp³-hybridized carbons (Fsp3) is 0.591. The summed E-state index contributed by atoms with van der Waals surface area (Å²) in [4.78, 5) is 12.9. The van der Waals surface area contributed by atoms with Gasteiger partial charge in [0.05, 0.1) is 0 Å². The molecule has 1 aromatic carbocycles. The van der Waals surface area contributed by atoms with Crippen molar-refractivity contribution in [3.8, 4) is 0 Å². The summed E-state index contributed by atoms with van der Waals surface area (Å²) < 4.78 is 43.7. The molecule has 9 heteroatoms. The van der Waals surface area contributed by atoms with Gasteiger partial charge in [0.15, 0.2) is 0 Å². The molecule has 0 radical (unpaired) electrons. The van der Waals surface area contributed by atoms with Crippen molar-refractivity contribution in [1.82, 2.24) is 0 Å². The maximum atomic E-state index is 13.7. The molecule has 31 heavy (non-hydrogen) atoms. The molecule has 1 fully saturated rings. The van der Waals surface area contributed by atoms with Crippen molar-refractivity contribution in [3.63, 3.8) is 0 Å². The van der Waals surface area contributed by atoms with Crippen LogP contribution in [-0.4, -0.2) is 59.2 Å². The maximum absolute atomic E-state index is 13.7. The number of carbonyl (C=O) groups is 1. The Balaban J connectivity index is 1.96. The summed E-state index contributed by atoms with van der Waals surface area (Å²) in [6.07, 6.45) is 2.70. The zero-order chi connectivity index (χ0) is 22.5. The molecule has 1 saturated heterocycles. The molecular formula is C22H31O7PSe. The molecule has 172 valence electrons. The quantitative estimate of drug-likeness (QED) is 0.281. The van der Waals surface area contributed by atoms with Gasteiger partial charge in [0.25, 0.3) is 0 Å². The van der Waals surface area contributed by atoms with Gasteiger partial charge in [-0.2, -0.15) is 0 Å². The minimum absolute atomic E-state index is 0.203. The Bertz CT molecular complexity index is 838. The van der Waals surface area contributed by atoms with Crippen LogP contribution >= 0.6 is 7.60 Å². The number of rotatable bonds is 9. The van der Waals surface area contributed by atoms with Crippen molar-refractivity contribution in [2.45, 2.75) is 64.4 Å². The molecule has 3 rings (SSSR count). The Morgan fingerprint density at radius 1 is 1.32 bits per heavy atom. The monoisotopic (exact) mass is 518 g/mol. The van der Waals surface area contributed by atoms with Crippen LogP contribution < -0.4 is 4.46 Å². The van der Waals surface area contributed by atoms with Crippen molar-refractivity contribution in [2.24, 2.45) is 0 Å². The average Bonchev–Trinajstić information content (AvgIpc) is 2.98. The molecule has 2 heterocycles. The number of ether oxygens (including phenoxy) is 3. The van der Waals surface area contributed by atoms with E-state index >= 15 is 0 Å². The van der Waals surface area contributed by atoms with Crippen LogP contribution in [0.3, 0.4) is 0 Å². The second-order valence-electron chi connectivity index (χ2n) is 7.66. The summed E-state index contributed by atoms with van der Waals surface area (Å²) in [6.45, 7) is 6.16. The predicted molar refractivity (Wildman–Crippen MR) is 118 cm³/mol. The molecule has 0 bridgehead atoms. The van der Waals surface area contributed by atoms with E-state index in [0.717, 1.165) is 23.7 Å². The van der Waals surface area contributed by atoms with E-state index in [1.807, 2.05) is 37.3 Å². The van der Waals surface area contributed by atoms with Gasteiger partial charge in [-0.05, 0) is 0 Å². The third-order valence-corrected chi connectivity index (χ3v) is 10.5. The molecule has 4 unspecified atom stereocenters. The van der Waals surface area contributed by atoms with Crippen LogP contribution in [-0.2, 0) is 32.6 Å². The Kier molecular flexibility index (Phi) is 8.56. The van der Waals surface area contributed by atoms with Gasteiger partial charge in [0.1, 0.15) is 0 Å². The molecule has 0 saturated carbocycles. The molecule has 0 amide bonds. The number of esters is 1. The van der Waals surface area contributed by atoms with Crippen molar-refractivity contribution >= 4 is 33.0 Å². The summed E-state index contributed by atoms with van der Waals surface area (Å²) >= 11 is -0.316. The fourth-order valence-electron chi connectivity index (χ4n) is 3.65. The second kappa shape index (κ2) is 10.8. The third kappa shape index (κ3) is 5.69. The summed E-state index contributed by atoms with van der Waals surface area (Å²) in [5, 5.41) is 0.512. The molecule has 1 aromatic rings. The van der Waals surface area contributed by atoms with Crippen LogP contribution in [0, 0.1) is 0 Å². The average molecular weight is 517 g/mol. The SMILES string of the molecule is CCOC(=O)C1(C)OP(=O)(OC)C(CC(C)OC2CCCCO2)=C1[Se]c1ccccc1. The van der Waals surface area contributed by atoms with E-state index in [1.165, 1.54) is 7.11 Å². The van der Waals surface area contributed by atoms with Crippen LogP contribution in [0.2, 0.25) is 0 Å². The molecule has 2 aliphatic rings. The van der Waals surface area contributed by atoms with Gasteiger partial charge in [0, 0.05) is 0 Å².